The van der Waals surface area contributed by atoms with E-state index in [4.69, 9.17) is 26.2 Å². The highest BCUT2D eigenvalue weighted by atomic mass is 35.5. The molecule has 0 aliphatic heterocycles. The summed E-state index contributed by atoms with van der Waals surface area (Å²) >= 11 is 5.94. The first-order chi connectivity index (χ1) is 13.6. The molecule has 0 bridgehead atoms. The Bertz CT molecular complexity index is 994. The van der Waals surface area contributed by atoms with Gasteiger partial charge < -0.3 is 14.8 Å². The molecule has 29 heavy (non-hydrogen) atoms. The topological polar surface area (TPSA) is 125 Å². The van der Waals surface area contributed by atoms with Crippen LogP contribution in [0.5, 0.6) is 5.75 Å². The fourth-order valence-corrected chi connectivity index (χ4v) is 2.96. The second-order valence-corrected chi connectivity index (χ2v) is 8.11. The van der Waals surface area contributed by atoms with Crippen LogP contribution in [0.25, 0.3) is 0 Å². The van der Waals surface area contributed by atoms with Gasteiger partial charge in [-0.3, -0.25) is 9.59 Å². The van der Waals surface area contributed by atoms with Gasteiger partial charge in [-0.2, -0.15) is 0 Å². The van der Waals surface area contributed by atoms with E-state index in [1.54, 1.807) is 18.2 Å². The van der Waals surface area contributed by atoms with Crippen molar-refractivity contribution < 1.29 is 27.5 Å². The molecule has 10 heteroatoms. The monoisotopic (exact) mass is 440 g/mol. The lowest BCUT2D eigenvalue weighted by atomic mass is 10.2. The Morgan fingerprint density at radius 3 is 2.62 bits per heavy atom. The minimum atomic E-state index is -3.88. The number of aryl methyl sites for hydroxylation is 1. The van der Waals surface area contributed by atoms with Crippen LogP contribution in [0, 0.1) is 6.92 Å². The molecule has 0 radical (unpaired) electrons. The SMILES string of the molecule is Cc1cc(OCCCC(=O)OCC(=O)Nc2cccc(S(N)(=O)=O)c2)ccc1Cl. The third kappa shape index (κ3) is 7.72. The van der Waals surface area contributed by atoms with E-state index < -0.39 is 28.5 Å². The number of anilines is 1. The van der Waals surface area contributed by atoms with Gasteiger partial charge in [0.15, 0.2) is 6.61 Å². The molecular formula is C19H21ClN2O6S. The van der Waals surface area contributed by atoms with Crippen LogP contribution in [-0.4, -0.2) is 33.5 Å². The molecule has 2 rings (SSSR count). The van der Waals surface area contributed by atoms with Gasteiger partial charge in [0.05, 0.1) is 11.5 Å². The number of sulfonamides is 1. The number of esters is 1. The summed E-state index contributed by atoms with van der Waals surface area (Å²) < 4.78 is 33.0. The van der Waals surface area contributed by atoms with Crippen LogP contribution in [0.2, 0.25) is 5.02 Å². The van der Waals surface area contributed by atoms with Gasteiger partial charge in [-0.1, -0.05) is 17.7 Å². The highest BCUT2D eigenvalue weighted by molar-refractivity contribution is 7.89. The number of hydrogen-bond donors (Lipinski definition) is 2. The van der Waals surface area contributed by atoms with Crippen molar-refractivity contribution in [2.24, 2.45) is 5.14 Å². The van der Waals surface area contributed by atoms with Crippen molar-refractivity contribution in [3.63, 3.8) is 0 Å². The van der Waals surface area contributed by atoms with E-state index in [-0.39, 0.29) is 17.0 Å². The fourth-order valence-electron chi connectivity index (χ4n) is 2.28. The number of benzene rings is 2. The van der Waals surface area contributed by atoms with E-state index in [2.05, 4.69) is 5.32 Å². The number of nitrogens with two attached hydrogens (primary N) is 1. The van der Waals surface area contributed by atoms with E-state index >= 15 is 0 Å². The molecule has 1 amide bonds. The Balaban J connectivity index is 1.69. The third-order valence-corrected chi connectivity index (χ3v) is 5.07. The van der Waals surface area contributed by atoms with E-state index in [1.807, 2.05) is 6.92 Å². The summed E-state index contributed by atoms with van der Waals surface area (Å²) in [5.74, 6) is -0.492. The van der Waals surface area contributed by atoms with Crippen LogP contribution >= 0.6 is 11.6 Å². The first kappa shape index (κ1) is 22.7. The molecule has 3 N–H and O–H groups in total. The van der Waals surface area contributed by atoms with Crippen molar-refractivity contribution in [2.75, 3.05) is 18.5 Å². The summed E-state index contributed by atoms with van der Waals surface area (Å²) in [6.07, 6.45) is 0.499. The Hall–Kier alpha value is -2.62. The maximum Gasteiger partial charge on any atom is 0.306 e. The van der Waals surface area contributed by atoms with Gasteiger partial charge in [0.1, 0.15) is 5.75 Å². The molecule has 8 nitrogen and oxygen atoms in total. The largest absolute Gasteiger partial charge is 0.494 e. The Morgan fingerprint density at radius 2 is 1.93 bits per heavy atom. The van der Waals surface area contributed by atoms with E-state index in [0.29, 0.717) is 23.8 Å². The summed E-state index contributed by atoms with van der Waals surface area (Å²) in [5, 5.41) is 8.12. The molecule has 2 aromatic carbocycles. The molecular weight excluding hydrogens is 420 g/mol. The molecule has 2 aromatic rings. The maximum absolute atomic E-state index is 11.8. The second-order valence-electron chi connectivity index (χ2n) is 6.14. The first-order valence-electron chi connectivity index (χ1n) is 8.62. The summed E-state index contributed by atoms with van der Waals surface area (Å²) in [6, 6.07) is 10.7. The van der Waals surface area contributed by atoms with Crippen LogP contribution in [0.15, 0.2) is 47.4 Å². The second kappa shape index (κ2) is 10.2. The van der Waals surface area contributed by atoms with Gasteiger partial charge in [-0.15, -0.1) is 0 Å². The summed E-state index contributed by atoms with van der Waals surface area (Å²) in [7, 11) is -3.88. The van der Waals surface area contributed by atoms with Crippen molar-refractivity contribution in [2.45, 2.75) is 24.7 Å². The minimum absolute atomic E-state index is 0.0841. The van der Waals surface area contributed by atoms with E-state index in [0.717, 1.165) is 5.56 Å². The van der Waals surface area contributed by atoms with E-state index in [9.17, 15) is 18.0 Å². The quantitative estimate of drug-likeness (QED) is 0.456. The van der Waals surface area contributed by atoms with Gasteiger partial charge >= 0.3 is 5.97 Å². The molecule has 0 saturated heterocycles. The maximum atomic E-state index is 11.8. The van der Waals surface area contributed by atoms with E-state index in [1.165, 1.54) is 24.3 Å². The number of nitrogens with one attached hydrogen (secondary N) is 1. The smallest absolute Gasteiger partial charge is 0.306 e. The molecule has 0 atom stereocenters. The van der Waals surface area contributed by atoms with Crippen molar-refractivity contribution in [1.82, 2.24) is 0 Å². The van der Waals surface area contributed by atoms with Crippen LogP contribution in [-0.2, 0) is 24.3 Å². The number of primary sulfonamides is 1. The van der Waals surface area contributed by atoms with Gasteiger partial charge in [0.2, 0.25) is 10.0 Å². The molecule has 0 heterocycles. The van der Waals surface area contributed by atoms with Gasteiger partial charge in [0, 0.05) is 17.1 Å². The molecule has 0 aliphatic carbocycles. The minimum Gasteiger partial charge on any atom is -0.494 e. The Morgan fingerprint density at radius 1 is 1.17 bits per heavy atom. The zero-order chi connectivity index (χ0) is 21.4. The molecule has 0 unspecified atom stereocenters. The number of rotatable bonds is 9. The summed E-state index contributed by atoms with van der Waals surface area (Å²) in [6.45, 7) is 1.68. The average Bonchev–Trinajstić information content (AvgIpc) is 2.66. The van der Waals surface area contributed by atoms with Crippen molar-refractivity contribution >= 4 is 39.2 Å². The van der Waals surface area contributed by atoms with Gasteiger partial charge in [-0.25, -0.2) is 13.6 Å². The average molecular weight is 441 g/mol. The van der Waals surface area contributed by atoms with Crippen LogP contribution in [0.4, 0.5) is 5.69 Å². The number of hydrogen-bond acceptors (Lipinski definition) is 6. The number of carbonyl (C=O) groups excluding carboxylic acids is 2. The predicted molar refractivity (Wildman–Crippen MR) is 108 cm³/mol. The summed E-state index contributed by atoms with van der Waals surface area (Å²) in [4.78, 5) is 23.4. The summed E-state index contributed by atoms with van der Waals surface area (Å²) in [5.41, 5.74) is 1.12. The number of amides is 1. The highest BCUT2D eigenvalue weighted by Gasteiger charge is 2.11. The molecule has 0 spiro atoms. The lowest BCUT2D eigenvalue weighted by molar-refractivity contribution is -0.147. The first-order valence-corrected chi connectivity index (χ1v) is 10.5. The van der Waals surface area contributed by atoms with Crippen molar-refractivity contribution in [3.05, 3.63) is 53.1 Å². The predicted octanol–water partition coefficient (Wildman–Crippen LogP) is 2.64. The number of ether oxygens (including phenoxy) is 2. The lowest BCUT2D eigenvalue weighted by Crippen LogP contribution is -2.21. The molecule has 0 aromatic heterocycles. The Kier molecular flexibility index (Phi) is 8.00. The van der Waals surface area contributed by atoms with Crippen LogP contribution in [0.1, 0.15) is 18.4 Å². The zero-order valence-corrected chi connectivity index (χ0v) is 17.3. The van der Waals surface area contributed by atoms with Gasteiger partial charge in [-0.05, 0) is 55.3 Å². The number of carbonyl (C=O) groups is 2. The van der Waals surface area contributed by atoms with Crippen LogP contribution < -0.4 is 15.2 Å². The fraction of sp³-hybridized carbons (Fsp3) is 0.263. The number of halogens is 1. The molecule has 0 aliphatic rings. The molecule has 0 fully saturated rings. The van der Waals surface area contributed by atoms with Gasteiger partial charge in [0.25, 0.3) is 5.91 Å². The third-order valence-electron chi connectivity index (χ3n) is 3.73. The normalized spacial score (nSPS) is 11.0. The Labute approximate surface area is 174 Å². The molecule has 0 saturated carbocycles. The van der Waals surface area contributed by atoms with Crippen molar-refractivity contribution in [1.29, 1.82) is 0 Å². The zero-order valence-electron chi connectivity index (χ0n) is 15.7. The lowest BCUT2D eigenvalue weighted by Gasteiger charge is -2.09. The van der Waals surface area contributed by atoms with Crippen molar-refractivity contribution in [3.8, 4) is 5.75 Å². The van der Waals surface area contributed by atoms with Crippen LogP contribution in [0.3, 0.4) is 0 Å². The highest BCUT2D eigenvalue weighted by Crippen LogP contribution is 2.21. The standard InChI is InChI=1S/C19H21ClN2O6S/c1-13-10-15(7-8-17(13)20)27-9-3-6-19(24)28-12-18(23)22-14-4-2-5-16(11-14)29(21,25)26/h2,4-5,7-8,10-11H,3,6,9,12H2,1H3,(H,22,23)(H2,21,25,26). The molecule has 156 valence electrons.